The molecule has 1 fully saturated rings. The van der Waals surface area contributed by atoms with Gasteiger partial charge in [0.15, 0.2) is 0 Å². The van der Waals surface area contributed by atoms with Crippen LogP contribution in [0.1, 0.15) is 52.9 Å². The zero-order valence-corrected chi connectivity index (χ0v) is 13.9. The standard InChI is InChI=1S/C15H30BrNO/c1-4-7-15(11-16,8-5-2)12-17-9-6-13(3)14(18)10-17/h13-14,18H,4-12H2,1-3H3. The van der Waals surface area contributed by atoms with Crippen molar-refractivity contribution in [1.29, 1.82) is 0 Å². The van der Waals surface area contributed by atoms with Gasteiger partial charge in [-0.15, -0.1) is 0 Å². The summed E-state index contributed by atoms with van der Waals surface area (Å²) in [5.74, 6) is 0.469. The van der Waals surface area contributed by atoms with Gasteiger partial charge < -0.3 is 10.0 Å². The Morgan fingerprint density at radius 2 is 1.89 bits per heavy atom. The second kappa shape index (κ2) is 7.86. The van der Waals surface area contributed by atoms with Crippen LogP contribution in [0.5, 0.6) is 0 Å². The minimum Gasteiger partial charge on any atom is -0.392 e. The number of hydrogen-bond donors (Lipinski definition) is 1. The van der Waals surface area contributed by atoms with E-state index in [2.05, 4.69) is 41.6 Å². The Bertz CT molecular complexity index is 229. The lowest BCUT2D eigenvalue weighted by atomic mass is 9.80. The molecule has 2 atom stereocenters. The Hall–Kier alpha value is 0.400. The van der Waals surface area contributed by atoms with E-state index in [1.807, 2.05) is 0 Å². The average molecular weight is 320 g/mol. The maximum Gasteiger partial charge on any atom is 0.0693 e. The fourth-order valence-corrected chi connectivity index (χ4v) is 3.99. The first-order chi connectivity index (χ1) is 8.56. The van der Waals surface area contributed by atoms with Gasteiger partial charge in [-0.05, 0) is 37.1 Å². The summed E-state index contributed by atoms with van der Waals surface area (Å²) in [6.07, 6.45) is 6.08. The molecule has 0 aromatic carbocycles. The summed E-state index contributed by atoms with van der Waals surface area (Å²) in [6, 6.07) is 0. The van der Waals surface area contributed by atoms with E-state index in [-0.39, 0.29) is 6.10 Å². The maximum absolute atomic E-state index is 10.0. The van der Waals surface area contributed by atoms with E-state index in [1.165, 1.54) is 25.7 Å². The second-order valence-corrected chi connectivity index (χ2v) is 6.76. The molecule has 2 nitrogen and oxygen atoms in total. The third-order valence-electron chi connectivity index (χ3n) is 4.41. The molecule has 3 heteroatoms. The number of alkyl halides is 1. The summed E-state index contributed by atoms with van der Waals surface area (Å²) in [6.45, 7) is 9.88. The first-order valence-corrected chi connectivity index (χ1v) is 8.65. The van der Waals surface area contributed by atoms with Crippen molar-refractivity contribution in [3.63, 3.8) is 0 Å². The van der Waals surface area contributed by atoms with E-state index in [9.17, 15) is 5.11 Å². The van der Waals surface area contributed by atoms with Crippen molar-refractivity contribution in [2.24, 2.45) is 11.3 Å². The highest BCUT2D eigenvalue weighted by molar-refractivity contribution is 9.09. The molecule has 18 heavy (non-hydrogen) atoms. The summed E-state index contributed by atoms with van der Waals surface area (Å²) in [5.41, 5.74) is 0.407. The van der Waals surface area contributed by atoms with Crippen LogP contribution in [-0.4, -0.2) is 41.1 Å². The normalized spacial score (nSPS) is 26.5. The van der Waals surface area contributed by atoms with Gasteiger partial charge in [-0.2, -0.15) is 0 Å². The van der Waals surface area contributed by atoms with E-state index < -0.39 is 0 Å². The van der Waals surface area contributed by atoms with Crippen LogP contribution >= 0.6 is 15.9 Å². The van der Waals surface area contributed by atoms with Gasteiger partial charge >= 0.3 is 0 Å². The molecule has 1 heterocycles. The van der Waals surface area contributed by atoms with Gasteiger partial charge in [-0.3, -0.25) is 0 Å². The van der Waals surface area contributed by atoms with Crippen molar-refractivity contribution in [3.05, 3.63) is 0 Å². The molecule has 0 spiro atoms. The quantitative estimate of drug-likeness (QED) is 0.724. The van der Waals surface area contributed by atoms with E-state index >= 15 is 0 Å². The van der Waals surface area contributed by atoms with Gasteiger partial charge in [-0.25, -0.2) is 0 Å². The summed E-state index contributed by atoms with van der Waals surface area (Å²) in [7, 11) is 0. The highest BCUT2D eigenvalue weighted by atomic mass is 79.9. The van der Waals surface area contributed by atoms with Crippen molar-refractivity contribution in [2.75, 3.05) is 25.0 Å². The molecule has 1 N–H and O–H groups in total. The highest BCUT2D eigenvalue weighted by Gasteiger charge is 2.33. The SMILES string of the molecule is CCCC(CBr)(CCC)CN1CCC(C)C(O)C1. The van der Waals surface area contributed by atoms with Crippen molar-refractivity contribution < 1.29 is 5.11 Å². The molecule has 2 unspecified atom stereocenters. The van der Waals surface area contributed by atoms with Crippen molar-refractivity contribution in [1.82, 2.24) is 4.90 Å². The Labute approximate surface area is 121 Å². The highest BCUT2D eigenvalue weighted by Crippen LogP contribution is 2.34. The van der Waals surface area contributed by atoms with E-state index in [1.54, 1.807) is 0 Å². The predicted octanol–water partition coefficient (Wildman–Crippen LogP) is 3.67. The van der Waals surface area contributed by atoms with E-state index in [4.69, 9.17) is 0 Å². The number of hydrogen-bond acceptors (Lipinski definition) is 2. The van der Waals surface area contributed by atoms with Crippen LogP contribution < -0.4 is 0 Å². The zero-order valence-electron chi connectivity index (χ0n) is 12.3. The number of piperidine rings is 1. The fourth-order valence-electron chi connectivity index (χ4n) is 3.25. The fraction of sp³-hybridized carbons (Fsp3) is 1.00. The number of likely N-dealkylation sites (tertiary alicyclic amines) is 1. The van der Waals surface area contributed by atoms with Gasteiger partial charge in [0.2, 0.25) is 0 Å². The van der Waals surface area contributed by atoms with Gasteiger partial charge in [0.05, 0.1) is 6.10 Å². The molecular weight excluding hydrogens is 290 g/mol. The molecule has 0 aliphatic carbocycles. The van der Waals surface area contributed by atoms with Gasteiger partial charge in [0.1, 0.15) is 0 Å². The molecule has 0 radical (unpaired) electrons. The summed E-state index contributed by atoms with van der Waals surface area (Å²) in [5, 5.41) is 11.1. The van der Waals surface area contributed by atoms with Gasteiger partial charge in [-0.1, -0.05) is 49.5 Å². The van der Waals surface area contributed by atoms with Crippen molar-refractivity contribution in [2.45, 2.75) is 59.0 Å². The number of halogens is 1. The van der Waals surface area contributed by atoms with Crippen LogP contribution in [-0.2, 0) is 0 Å². The van der Waals surface area contributed by atoms with E-state index in [0.29, 0.717) is 11.3 Å². The minimum atomic E-state index is -0.130. The smallest absolute Gasteiger partial charge is 0.0693 e. The summed E-state index contributed by atoms with van der Waals surface area (Å²) < 4.78 is 0. The van der Waals surface area contributed by atoms with Crippen LogP contribution in [0.3, 0.4) is 0 Å². The molecule has 1 rings (SSSR count). The van der Waals surface area contributed by atoms with Crippen LogP contribution in [0.15, 0.2) is 0 Å². The molecule has 0 amide bonds. The largest absolute Gasteiger partial charge is 0.392 e. The number of aliphatic hydroxyl groups is 1. The summed E-state index contributed by atoms with van der Waals surface area (Å²) in [4.78, 5) is 2.48. The third-order valence-corrected chi connectivity index (χ3v) is 5.60. The van der Waals surface area contributed by atoms with Crippen LogP contribution in [0.25, 0.3) is 0 Å². The molecule has 0 aromatic rings. The first kappa shape index (κ1) is 16.5. The lowest BCUT2D eigenvalue weighted by molar-refractivity contribution is 0.0101. The first-order valence-electron chi connectivity index (χ1n) is 7.53. The minimum absolute atomic E-state index is 0.130. The molecule has 0 aromatic heterocycles. The van der Waals surface area contributed by atoms with Gasteiger partial charge in [0, 0.05) is 18.4 Å². The Kier molecular flexibility index (Phi) is 7.19. The molecule has 1 aliphatic heterocycles. The van der Waals surface area contributed by atoms with Gasteiger partial charge in [0.25, 0.3) is 0 Å². The van der Waals surface area contributed by atoms with E-state index in [0.717, 1.165) is 31.4 Å². The predicted molar refractivity (Wildman–Crippen MR) is 82.3 cm³/mol. The number of β-amino-alcohol motifs (C(OH)–C–C–N with tert-alkyl or cyclic N) is 1. The summed E-state index contributed by atoms with van der Waals surface area (Å²) >= 11 is 3.74. The molecule has 1 saturated heterocycles. The monoisotopic (exact) mass is 319 g/mol. The van der Waals surface area contributed by atoms with Crippen LogP contribution in [0.4, 0.5) is 0 Å². The topological polar surface area (TPSA) is 23.5 Å². The van der Waals surface area contributed by atoms with Crippen LogP contribution in [0.2, 0.25) is 0 Å². The number of nitrogens with zero attached hydrogens (tertiary/aromatic N) is 1. The Morgan fingerprint density at radius 3 is 2.33 bits per heavy atom. The number of aliphatic hydroxyl groups excluding tert-OH is 1. The lowest BCUT2D eigenvalue weighted by Gasteiger charge is -2.41. The third kappa shape index (κ3) is 4.50. The number of rotatable bonds is 7. The zero-order chi connectivity index (χ0) is 13.6. The van der Waals surface area contributed by atoms with Crippen LogP contribution in [0, 0.1) is 11.3 Å². The van der Waals surface area contributed by atoms with Crippen molar-refractivity contribution in [3.8, 4) is 0 Å². The lowest BCUT2D eigenvalue weighted by Crippen LogP contribution is -2.48. The molecule has 108 valence electrons. The molecular formula is C15H30BrNO. The van der Waals surface area contributed by atoms with Crippen molar-refractivity contribution >= 4 is 15.9 Å². The Balaban J connectivity index is 2.59. The Morgan fingerprint density at radius 1 is 1.28 bits per heavy atom. The second-order valence-electron chi connectivity index (χ2n) is 6.20. The molecule has 0 bridgehead atoms. The maximum atomic E-state index is 10.0. The molecule has 0 saturated carbocycles. The molecule has 1 aliphatic rings. The average Bonchev–Trinajstić information content (AvgIpc) is 2.34.